The largest absolute Gasteiger partial charge is 0.494 e. The molecule has 0 spiro atoms. The van der Waals surface area contributed by atoms with Gasteiger partial charge in [-0.1, -0.05) is 60.1 Å². The van der Waals surface area contributed by atoms with Gasteiger partial charge in [0.2, 0.25) is 0 Å². The first kappa shape index (κ1) is 23.8. The Bertz CT molecular complexity index is 787. The second kappa shape index (κ2) is 10.5. The van der Waals surface area contributed by atoms with Crippen LogP contribution in [0.5, 0.6) is 11.5 Å². The minimum Gasteiger partial charge on any atom is -0.494 e. The molecule has 1 amide bonds. The molecule has 0 aromatic heterocycles. The molecule has 2 rings (SSSR count). The van der Waals surface area contributed by atoms with Crippen LogP contribution in [0.2, 0.25) is 0 Å². The van der Waals surface area contributed by atoms with Gasteiger partial charge >= 0.3 is 0 Å². The maximum absolute atomic E-state index is 12.2. The van der Waals surface area contributed by atoms with Crippen molar-refractivity contribution in [2.75, 3.05) is 18.5 Å². The zero-order chi connectivity index (χ0) is 22.2. The van der Waals surface area contributed by atoms with Crippen LogP contribution in [0.15, 0.2) is 48.5 Å². The van der Waals surface area contributed by atoms with E-state index in [2.05, 4.69) is 59.0 Å². The van der Waals surface area contributed by atoms with Gasteiger partial charge in [0, 0.05) is 5.69 Å². The number of amides is 1. The fraction of sp³-hybridized carbons (Fsp3) is 0.500. The zero-order valence-corrected chi connectivity index (χ0v) is 19.4. The van der Waals surface area contributed by atoms with Gasteiger partial charge in [-0.2, -0.15) is 0 Å². The Labute approximate surface area is 182 Å². The van der Waals surface area contributed by atoms with Gasteiger partial charge in [0.15, 0.2) is 6.61 Å². The fourth-order valence-electron chi connectivity index (χ4n) is 3.75. The van der Waals surface area contributed by atoms with Gasteiger partial charge < -0.3 is 14.8 Å². The molecule has 164 valence electrons. The van der Waals surface area contributed by atoms with Crippen molar-refractivity contribution in [1.29, 1.82) is 0 Å². The molecule has 0 fully saturated rings. The van der Waals surface area contributed by atoms with Gasteiger partial charge in [0.25, 0.3) is 5.91 Å². The Kier molecular flexibility index (Phi) is 8.33. The molecular formula is C26H37NO3. The first-order valence-electron chi connectivity index (χ1n) is 10.9. The number of anilines is 1. The van der Waals surface area contributed by atoms with Crippen molar-refractivity contribution in [3.8, 4) is 11.5 Å². The molecule has 0 saturated carbocycles. The Morgan fingerprint density at radius 2 is 1.43 bits per heavy atom. The first-order valence-corrected chi connectivity index (χ1v) is 10.9. The molecule has 0 saturated heterocycles. The molecule has 0 bridgehead atoms. The van der Waals surface area contributed by atoms with Crippen molar-refractivity contribution in [3.05, 3.63) is 54.1 Å². The number of benzene rings is 2. The van der Waals surface area contributed by atoms with E-state index in [4.69, 9.17) is 9.47 Å². The predicted molar refractivity (Wildman–Crippen MR) is 125 cm³/mol. The maximum Gasteiger partial charge on any atom is 0.262 e. The van der Waals surface area contributed by atoms with Crippen molar-refractivity contribution >= 4 is 11.6 Å². The average molecular weight is 412 g/mol. The lowest BCUT2D eigenvalue weighted by atomic mass is 9.72. The predicted octanol–water partition coefficient (Wildman–Crippen LogP) is 6.60. The van der Waals surface area contributed by atoms with Crippen molar-refractivity contribution in [1.82, 2.24) is 0 Å². The highest BCUT2D eigenvalue weighted by Gasteiger charge is 2.27. The Hall–Kier alpha value is -2.49. The van der Waals surface area contributed by atoms with Gasteiger partial charge in [-0.25, -0.2) is 0 Å². The third kappa shape index (κ3) is 8.10. The SMILES string of the molecule is CCCCOc1ccc(NC(=O)COc2ccc(C(C)(C)CC(C)(C)C)cc2)cc1. The van der Waals surface area contributed by atoms with Gasteiger partial charge in [0.05, 0.1) is 6.61 Å². The van der Waals surface area contributed by atoms with Crippen molar-refractivity contribution in [2.24, 2.45) is 5.41 Å². The minimum atomic E-state index is -0.188. The number of nitrogens with one attached hydrogen (secondary N) is 1. The lowest BCUT2D eigenvalue weighted by Gasteiger charge is -2.33. The lowest BCUT2D eigenvalue weighted by Crippen LogP contribution is -2.24. The molecule has 30 heavy (non-hydrogen) atoms. The van der Waals surface area contributed by atoms with Crippen LogP contribution < -0.4 is 14.8 Å². The average Bonchev–Trinajstić information content (AvgIpc) is 2.66. The summed E-state index contributed by atoms with van der Waals surface area (Å²) in [5.74, 6) is 1.32. The van der Waals surface area contributed by atoms with Gasteiger partial charge in [-0.05, 0) is 65.6 Å². The van der Waals surface area contributed by atoms with Crippen molar-refractivity contribution in [2.45, 2.75) is 66.2 Å². The number of carbonyl (C=O) groups is 1. The Balaban J connectivity index is 1.83. The van der Waals surface area contributed by atoms with E-state index in [1.165, 1.54) is 5.56 Å². The van der Waals surface area contributed by atoms with Gasteiger partial charge in [0.1, 0.15) is 11.5 Å². The molecule has 2 aromatic rings. The molecule has 0 aliphatic heterocycles. The second-order valence-corrected chi connectivity index (χ2v) is 9.71. The van der Waals surface area contributed by atoms with Crippen LogP contribution in [0, 0.1) is 5.41 Å². The van der Waals surface area contributed by atoms with E-state index in [0.717, 1.165) is 30.7 Å². The summed E-state index contributed by atoms with van der Waals surface area (Å²) in [5.41, 5.74) is 2.35. The standard InChI is InChI=1S/C26H37NO3/c1-7-8-17-29-22-15-11-21(12-16-22)27-24(28)18-30-23-13-9-20(10-14-23)26(5,6)19-25(2,3)4/h9-16H,7-8,17-19H2,1-6H3,(H,27,28). The fourth-order valence-corrected chi connectivity index (χ4v) is 3.75. The molecule has 4 heteroatoms. The number of carbonyl (C=O) groups excluding carboxylic acids is 1. The number of hydrogen-bond acceptors (Lipinski definition) is 3. The number of unbranched alkanes of at least 4 members (excludes halogenated alkanes) is 1. The summed E-state index contributed by atoms with van der Waals surface area (Å²) in [7, 11) is 0. The van der Waals surface area contributed by atoms with Crippen LogP contribution in [-0.4, -0.2) is 19.1 Å². The molecule has 4 nitrogen and oxygen atoms in total. The van der Waals surface area contributed by atoms with E-state index in [9.17, 15) is 4.79 Å². The molecule has 1 N–H and O–H groups in total. The van der Waals surface area contributed by atoms with Gasteiger partial charge in [-0.15, -0.1) is 0 Å². The van der Waals surface area contributed by atoms with Crippen LogP contribution in [-0.2, 0) is 10.2 Å². The van der Waals surface area contributed by atoms with Crippen molar-refractivity contribution < 1.29 is 14.3 Å². The Morgan fingerprint density at radius 1 is 0.867 bits per heavy atom. The summed E-state index contributed by atoms with van der Waals surface area (Å²) < 4.78 is 11.3. The van der Waals surface area contributed by atoms with Crippen molar-refractivity contribution in [3.63, 3.8) is 0 Å². The van der Waals surface area contributed by atoms with Crippen LogP contribution in [0.1, 0.15) is 66.4 Å². The zero-order valence-electron chi connectivity index (χ0n) is 19.4. The summed E-state index contributed by atoms with van der Waals surface area (Å²) >= 11 is 0. The molecule has 0 aliphatic rings. The first-order chi connectivity index (χ1) is 14.1. The normalized spacial score (nSPS) is 11.8. The third-order valence-electron chi connectivity index (χ3n) is 4.88. The smallest absolute Gasteiger partial charge is 0.262 e. The molecule has 0 unspecified atom stereocenters. The van der Waals surface area contributed by atoms with E-state index in [1.807, 2.05) is 36.4 Å². The van der Waals surface area contributed by atoms with Crippen LogP contribution in [0.25, 0.3) is 0 Å². The minimum absolute atomic E-state index is 0.0283. The third-order valence-corrected chi connectivity index (χ3v) is 4.88. The topological polar surface area (TPSA) is 47.6 Å². The summed E-state index contributed by atoms with van der Waals surface area (Å²) in [5, 5.41) is 2.85. The van der Waals surface area contributed by atoms with Crippen LogP contribution >= 0.6 is 0 Å². The summed E-state index contributed by atoms with van der Waals surface area (Å²) in [4.78, 5) is 12.2. The highest BCUT2D eigenvalue weighted by atomic mass is 16.5. The van der Waals surface area contributed by atoms with E-state index in [-0.39, 0.29) is 23.3 Å². The highest BCUT2D eigenvalue weighted by Crippen LogP contribution is 2.36. The molecular weight excluding hydrogens is 374 g/mol. The van der Waals surface area contributed by atoms with Gasteiger partial charge in [-0.3, -0.25) is 4.79 Å². The number of ether oxygens (including phenoxy) is 2. The second-order valence-electron chi connectivity index (χ2n) is 9.71. The monoisotopic (exact) mass is 411 g/mol. The lowest BCUT2D eigenvalue weighted by molar-refractivity contribution is -0.118. The molecule has 0 aliphatic carbocycles. The number of hydrogen-bond donors (Lipinski definition) is 1. The van der Waals surface area contributed by atoms with E-state index >= 15 is 0 Å². The van der Waals surface area contributed by atoms with Crippen LogP contribution in [0.3, 0.4) is 0 Å². The van der Waals surface area contributed by atoms with Crippen LogP contribution in [0.4, 0.5) is 5.69 Å². The molecule has 0 radical (unpaired) electrons. The highest BCUT2D eigenvalue weighted by molar-refractivity contribution is 5.91. The molecule has 2 aromatic carbocycles. The molecule has 0 heterocycles. The summed E-state index contributed by atoms with van der Waals surface area (Å²) in [6, 6.07) is 15.5. The quantitative estimate of drug-likeness (QED) is 0.448. The molecule has 0 atom stereocenters. The van der Waals surface area contributed by atoms with E-state index in [1.54, 1.807) is 0 Å². The summed E-state index contributed by atoms with van der Waals surface area (Å²) in [6.07, 6.45) is 3.22. The summed E-state index contributed by atoms with van der Waals surface area (Å²) in [6.45, 7) is 14.1. The maximum atomic E-state index is 12.2. The van der Waals surface area contributed by atoms with E-state index < -0.39 is 0 Å². The van der Waals surface area contributed by atoms with E-state index in [0.29, 0.717) is 12.4 Å². The number of rotatable bonds is 10. The Morgan fingerprint density at radius 3 is 2.00 bits per heavy atom.